The van der Waals surface area contributed by atoms with Crippen LogP contribution in [0.15, 0.2) is 29.2 Å². The second-order valence-corrected chi connectivity index (χ2v) is 5.94. The van der Waals surface area contributed by atoms with Gasteiger partial charge in [-0.3, -0.25) is 5.41 Å². The van der Waals surface area contributed by atoms with Crippen LogP contribution in [-0.4, -0.2) is 20.8 Å². The van der Waals surface area contributed by atoms with Crippen LogP contribution in [0.25, 0.3) is 0 Å². The van der Waals surface area contributed by atoms with E-state index < -0.39 is 32.6 Å². The molecule has 1 aromatic carbocycles. The van der Waals surface area contributed by atoms with E-state index in [1.165, 1.54) is 13.0 Å². The van der Waals surface area contributed by atoms with E-state index in [0.29, 0.717) is 6.07 Å². The van der Waals surface area contributed by atoms with E-state index in [4.69, 9.17) is 11.1 Å². The molecule has 20 heavy (non-hydrogen) atoms. The van der Waals surface area contributed by atoms with Gasteiger partial charge in [-0.25, -0.2) is 13.1 Å². The summed E-state index contributed by atoms with van der Waals surface area (Å²) >= 11 is 0. The van der Waals surface area contributed by atoms with E-state index in [1.807, 2.05) is 4.72 Å². The van der Waals surface area contributed by atoms with Gasteiger partial charge >= 0.3 is 6.18 Å². The molecule has 0 spiro atoms. The summed E-state index contributed by atoms with van der Waals surface area (Å²) in [6.07, 6.45) is -4.77. The predicted molar refractivity (Wildman–Crippen MR) is 67.7 cm³/mol. The highest BCUT2D eigenvalue weighted by Crippen LogP contribution is 2.33. The van der Waals surface area contributed by atoms with Crippen LogP contribution >= 0.6 is 0 Å². The molecule has 9 heteroatoms. The Morgan fingerprint density at radius 1 is 1.40 bits per heavy atom. The highest BCUT2D eigenvalue weighted by Gasteiger charge is 2.36. The van der Waals surface area contributed by atoms with Gasteiger partial charge in [0.15, 0.2) is 0 Å². The molecule has 0 radical (unpaired) electrons. The zero-order valence-electron chi connectivity index (χ0n) is 10.5. The second kappa shape index (κ2) is 5.80. The lowest BCUT2D eigenvalue weighted by Crippen LogP contribution is -2.35. The molecule has 0 saturated carbocycles. The van der Waals surface area contributed by atoms with Crippen LogP contribution in [0.4, 0.5) is 13.2 Å². The zero-order chi connectivity index (χ0) is 15.6. The van der Waals surface area contributed by atoms with E-state index in [1.54, 1.807) is 0 Å². The van der Waals surface area contributed by atoms with Crippen molar-refractivity contribution >= 4 is 15.9 Å². The predicted octanol–water partition coefficient (Wildman–Crippen LogP) is 1.56. The van der Waals surface area contributed by atoms with Gasteiger partial charge in [0.25, 0.3) is 0 Å². The third-order valence-electron chi connectivity index (χ3n) is 2.59. The Balaban J connectivity index is 3.08. The van der Waals surface area contributed by atoms with E-state index in [-0.39, 0.29) is 12.4 Å². The molecular formula is C11H14F3N3O2S. The van der Waals surface area contributed by atoms with Crippen molar-refractivity contribution in [1.29, 1.82) is 5.41 Å². The van der Waals surface area contributed by atoms with Crippen molar-refractivity contribution in [3.8, 4) is 0 Å². The fourth-order valence-electron chi connectivity index (χ4n) is 1.36. The lowest BCUT2D eigenvalue weighted by Gasteiger charge is -2.15. The standard InChI is InChI=1S/C11H14F3N3O2S/c1-7(10(15)16)6-17-20(18,19)9-5-3-2-4-8(9)11(12,13)14/h2-5,7,17H,6H2,1H3,(H3,15,16). The molecule has 0 aliphatic rings. The Labute approximate surface area is 114 Å². The Morgan fingerprint density at radius 3 is 2.45 bits per heavy atom. The van der Waals surface area contributed by atoms with Crippen LogP contribution in [0.2, 0.25) is 0 Å². The summed E-state index contributed by atoms with van der Waals surface area (Å²) in [7, 11) is -4.32. The Kier molecular flexibility index (Phi) is 4.77. The highest BCUT2D eigenvalue weighted by atomic mass is 32.2. The molecule has 1 unspecified atom stereocenters. The number of halogens is 3. The summed E-state index contributed by atoms with van der Waals surface area (Å²) < 4.78 is 64.1. The lowest BCUT2D eigenvalue weighted by molar-refractivity contribution is -0.139. The number of sulfonamides is 1. The van der Waals surface area contributed by atoms with Gasteiger partial charge in [-0.15, -0.1) is 0 Å². The highest BCUT2D eigenvalue weighted by molar-refractivity contribution is 7.89. The van der Waals surface area contributed by atoms with Gasteiger partial charge < -0.3 is 5.73 Å². The SMILES string of the molecule is CC(CNS(=O)(=O)c1ccccc1C(F)(F)F)C(=N)N. The van der Waals surface area contributed by atoms with Crippen molar-refractivity contribution in [1.82, 2.24) is 4.72 Å². The van der Waals surface area contributed by atoms with Crippen molar-refractivity contribution < 1.29 is 21.6 Å². The first kappa shape index (κ1) is 16.4. The summed E-state index contributed by atoms with van der Waals surface area (Å²) in [5.41, 5.74) is 3.94. The summed E-state index contributed by atoms with van der Waals surface area (Å²) in [6, 6.07) is 3.89. The van der Waals surface area contributed by atoms with Gasteiger partial charge in [-0.1, -0.05) is 19.1 Å². The first-order chi connectivity index (χ1) is 9.05. The molecule has 0 bridgehead atoms. The number of rotatable bonds is 5. The number of alkyl halides is 3. The van der Waals surface area contributed by atoms with Crippen molar-refractivity contribution in [2.24, 2.45) is 11.7 Å². The summed E-state index contributed by atoms with van der Waals surface area (Å²) in [4.78, 5) is -0.844. The van der Waals surface area contributed by atoms with Crippen LogP contribution in [0, 0.1) is 11.3 Å². The van der Waals surface area contributed by atoms with Crippen molar-refractivity contribution in [3.63, 3.8) is 0 Å². The maximum Gasteiger partial charge on any atom is 0.417 e. The molecule has 5 nitrogen and oxygen atoms in total. The number of nitrogens with one attached hydrogen (secondary N) is 2. The van der Waals surface area contributed by atoms with Gasteiger partial charge in [-0.2, -0.15) is 13.2 Å². The van der Waals surface area contributed by atoms with Crippen LogP contribution in [0.5, 0.6) is 0 Å². The maximum absolute atomic E-state index is 12.8. The number of nitrogens with two attached hydrogens (primary N) is 1. The quantitative estimate of drug-likeness (QED) is 0.569. The zero-order valence-corrected chi connectivity index (χ0v) is 11.3. The molecule has 0 aliphatic carbocycles. The Bertz CT molecular complexity index is 599. The van der Waals surface area contributed by atoms with Gasteiger partial charge in [0, 0.05) is 12.5 Å². The minimum Gasteiger partial charge on any atom is -0.387 e. The van der Waals surface area contributed by atoms with Crippen LogP contribution in [0.3, 0.4) is 0 Å². The molecule has 1 atom stereocenters. The summed E-state index contributed by atoms with van der Waals surface area (Å²) in [6.45, 7) is 1.24. The fraction of sp³-hybridized carbons (Fsp3) is 0.364. The van der Waals surface area contributed by atoms with Crippen LogP contribution in [-0.2, 0) is 16.2 Å². The Morgan fingerprint density at radius 2 is 1.95 bits per heavy atom. The molecule has 4 N–H and O–H groups in total. The van der Waals surface area contributed by atoms with Gasteiger partial charge in [0.1, 0.15) is 0 Å². The second-order valence-electron chi connectivity index (χ2n) is 4.20. The normalized spacial score (nSPS) is 14.0. The van der Waals surface area contributed by atoms with E-state index in [9.17, 15) is 21.6 Å². The Hall–Kier alpha value is -1.61. The van der Waals surface area contributed by atoms with E-state index in [2.05, 4.69) is 0 Å². The average Bonchev–Trinajstić information content (AvgIpc) is 2.35. The average molecular weight is 309 g/mol. The molecule has 112 valence electrons. The van der Waals surface area contributed by atoms with Crippen LogP contribution in [0.1, 0.15) is 12.5 Å². The molecule has 0 amide bonds. The summed E-state index contributed by atoms with van der Waals surface area (Å²) in [5.74, 6) is -0.861. The number of amidine groups is 1. The topological polar surface area (TPSA) is 96.0 Å². The first-order valence-electron chi connectivity index (χ1n) is 5.55. The number of hydrogen-bond donors (Lipinski definition) is 3. The minimum absolute atomic E-state index is 0.246. The molecule has 0 aliphatic heterocycles. The molecule has 0 aromatic heterocycles. The van der Waals surface area contributed by atoms with E-state index in [0.717, 1.165) is 12.1 Å². The molecule has 0 saturated heterocycles. The monoisotopic (exact) mass is 309 g/mol. The third kappa shape index (κ3) is 3.94. The van der Waals surface area contributed by atoms with Gasteiger partial charge in [0.2, 0.25) is 10.0 Å². The van der Waals surface area contributed by atoms with E-state index >= 15 is 0 Å². The minimum atomic E-state index is -4.77. The maximum atomic E-state index is 12.8. The molecule has 1 rings (SSSR count). The third-order valence-corrected chi connectivity index (χ3v) is 4.07. The lowest BCUT2D eigenvalue weighted by atomic mass is 10.2. The van der Waals surface area contributed by atoms with Crippen molar-refractivity contribution in [3.05, 3.63) is 29.8 Å². The van der Waals surface area contributed by atoms with Gasteiger partial charge in [-0.05, 0) is 12.1 Å². The van der Waals surface area contributed by atoms with Crippen molar-refractivity contribution in [2.45, 2.75) is 18.0 Å². The fourth-order valence-corrected chi connectivity index (χ4v) is 2.71. The largest absolute Gasteiger partial charge is 0.417 e. The molecular weight excluding hydrogens is 295 g/mol. The smallest absolute Gasteiger partial charge is 0.387 e. The summed E-state index contributed by atoms with van der Waals surface area (Å²) in [5, 5.41) is 7.12. The molecule has 0 fully saturated rings. The first-order valence-corrected chi connectivity index (χ1v) is 7.04. The van der Waals surface area contributed by atoms with Gasteiger partial charge in [0.05, 0.1) is 16.3 Å². The number of hydrogen-bond acceptors (Lipinski definition) is 3. The van der Waals surface area contributed by atoms with Crippen molar-refractivity contribution in [2.75, 3.05) is 6.54 Å². The van der Waals surface area contributed by atoms with Crippen LogP contribution < -0.4 is 10.5 Å². The number of benzene rings is 1. The molecule has 0 heterocycles. The molecule has 1 aromatic rings.